The van der Waals surface area contributed by atoms with Gasteiger partial charge >= 0.3 is 0 Å². The van der Waals surface area contributed by atoms with Crippen LogP contribution in [0, 0.1) is 0 Å². The summed E-state index contributed by atoms with van der Waals surface area (Å²) in [5.74, 6) is 1.45. The molecule has 0 saturated heterocycles. The monoisotopic (exact) mass is 347 g/mol. The molecular formula is C16H14BrNO3. The Labute approximate surface area is 131 Å². The van der Waals surface area contributed by atoms with Gasteiger partial charge in [0.1, 0.15) is 11.5 Å². The molecule has 0 radical (unpaired) electrons. The first kappa shape index (κ1) is 13.9. The summed E-state index contributed by atoms with van der Waals surface area (Å²) in [7, 11) is 1.63. The second-order valence-corrected chi connectivity index (χ2v) is 5.55. The molecule has 0 unspecified atom stereocenters. The molecule has 1 amide bonds. The number of hydrogen-bond donors (Lipinski definition) is 0. The van der Waals surface area contributed by atoms with E-state index in [0.717, 1.165) is 27.2 Å². The largest absolute Gasteiger partial charge is 0.497 e. The Kier molecular flexibility index (Phi) is 3.84. The number of amides is 1. The maximum atomic E-state index is 12.2. The molecule has 0 N–H and O–H groups in total. The molecular weight excluding hydrogens is 334 g/mol. The molecule has 1 heterocycles. The van der Waals surface area contributed by atoms with Gasteiger partial charge in [0.15, 0.2) is 6.61 Å². The lowest BCUT2D eigenvalue weighted by atomic mass is 10.1. The maximum Gasteiger partial charge on any atom is 0.265 e. The summed E-state index contributed by atoms with van der Waals surface area (Å²) in [6.07, 6.45) is 0. The summed E-state index contributed by atoms with van der Waals surface area (Å²) in [4.78, 5) is 13.9. The predicted molar refractivity (Wildman–Crippen MR) is 83.8 cm³/mol. The molecule has 21 heavy (non-hydrogen) atoms. The minimum absolute atomic E-state index is 0.0524. The number of benzene rings is 2. The van der Waals surface area contributed by atoms with Crippen LogP contribution in [0.2, 0.25) is 0 Å². The fourth-order valence-electron chi connectivity index (χ4n) is 2.30. The van der Waals surface area contributed by atoms with Crippen LogP contribution in [0.25, 0.3) is 0 Å². The molecule has 1 aliphatic rings. The Morgan fingerprint density at radius 2 is 2.10 bits per heavy atom. The highest BCUT2D eigenvalue weighted by atomic mass is 79.9. The second-order valence-electron chi connectivity index (χ2n) is 4.69. The van der Waals surface area contributed by atoms with Gasteiger partial charge in [-0.1, -0.05) is 28.1 Å². The number of para-hydroxylation sites is 2. The van der Waals surface area contributed by atoms with Gasteiger partial charge in [0.2, 0.25) is 0 Å². The van der Waals surface area contributed by atoms with Crippen molar-refractivity contribution in [2.45, 2.75) is 6.54 Å². The van der Waals surface area contributed by atoms with Gasteiger partial charge in [0.05, 0.1) is 19.3 Å². The van der Waals surface area contributed by atoms with Crippen molar-refractivity contribution in [1.29, 1.82) is 0 Å². The van der Waals surface area contributed by atoms with E-state index in [1.54, 1.807) is 12.0 Å². The Hall–Kier alpha value is -2.01. The van der Waals surface area contributed by atoms with Crippen molar-refractivity contribution in [2.75, 3.05) is 18.6 Å². The van der Waals surface area contributed by atoms with Gasteiger partial charge < -0.3 is 14.4 Å². The Balaban J connectivity index is 1.96. The van der Waals surface area contributed by atoms with Crippen LogP contribution in [0.4, 0.5) is 5.69 Å². The van der Waals surface area contributed by atoms with E-state index in [-0.39, 0.29) is 12.5 Å². The minimum Gasteiger partial charge on any atom is -0.497 e. The van der Waals surface area contributed by atoms with E-state index < -0.39 is 0 Å². The summed E-state index contributed by atoms with van der Waals surface area (Å²) < 4.78 is 11.6. The van der Waals surface area contributed by atoms with E-state index in [9.17, 15) is 4.79 Å². The molecule has 0 atom stereocenters. The first-order chi connectivity index (χ1) is 10.2. The highest BCUT2D eigenvalue weighted by Crippen LogP contribution is 2.34. The molecule has 5 heteroatoms. The van der Waals surface area contributed by atoms with Crippen molar-refractivity contribution in [2.24, 2.45) is 0 Å². The molecule has 2 aromatic rings. The zero-order chi connectivity index (χ0) is 14.8. The predicted octanol–water partition coefficient (Wildman–Crippen LogP) is 3.38. The average molecular weight is 348 g/mol. The van der Waals surface area contributed by atoms with Gasteiger partial charge in [0.25, 0.3) is 5.91 Å². The number of hydrogen-bond acceptors (Lipinski definition) is 3. The Morgan fingerprint density at radius 3 is 2.90 bits per heavy atom. The van der Waals surface area contributed by atoms with E-state index in [2.05, 4.69) is 15.9 Å². The number of halogens is 1. The van der Waals surface area contributed by atoms with Crippen molar-refractivity contribution in [1.82, 2.24) is 0 Å². The fourth-order valence-corrected chi connectivity index (χ4v) is 2.67. The molecule has 4 nitrogen and oxygen atoms in total. The number of fused-ring (bicyclic) bond motifs is 1. The first-order valence-corrected chi connectivity index (χ1v) is 7.33. The molecule has 1 aliphatic heterocycles. The molecule has 0 aliphatic carbocycles. The number of ether oxygens (including phenoxy) is 2. The van der Waals surface area contributed by atoms with E-state index in [0.29, 0.717) is 6.54 Å². The van der Waals surface area contributed by atoms with E-state index in [1.165, 1.54) is 0 Å². The Bertz CT molecular complexity index is 687. The van der Waals surface area contributed by atoms with Crippen LogP contribution in [0.15, 0.2) is 46.9 Å². The topological polar surface area (TPSA) is 38.8 Å². The van der Waals surface area contributed by atoms with Crippen molar-refractivity contribution in [3.63, 3.8) is 0 Å². The number of anilines is 1. The molecule has 3 rings (SSSR count). The van der Waals surface area contributed by atoms with Gasteiger partial charge in [-0.05, 0) is 35.9 Å². The number of nitrogens with zero attached hydrogens (tertiary/aromatic N) is 1. The van der Waals surface area contributed by atoms with Crippen molar-refractivity contribution < 1.29 is 14.3 Å². The van der Waals surface area contributed by atoms with Crippen LogP contribution >= 0.6 is 15.9 Å². The summed E-state index contributed by atoms with van der Waals surface area (Å²) >= 11 is 3.52. The van der Waals surface area contributed by atoms with Crippen LogP contribution < -0.4 is 14.4 Å². The van der Waals surface area contributed by atoms with E-state index in [1.807, 2.05) is 42.5 Å². The van der Waals surface area contributed by atoms with Crippen LogP contribution in [-0.4, -0.2) is 19.6 Å². The number of methoxy groups -OCH3 is 1. The minimum atomic E-state index is -0.0524. The molecule has 0 spiro atoms. The van der Waals surface area contributed by atoms with Gasteiger partial charge in [-0.2, -0.15) is 0 Å². The van der Waals surface area contributed by atoms with Gasteiger partial charge in [-0.25, -0.2) is 0 Å². The summed E-state index contributed by atoms with van der Waals surface area (Å²) in [6, 6.07) is 13.3. The van der Waals surface area contributed by atoms with Crippen LogP contribution in [-0.2, 0) is 11.3 Å². The third kappa shape index (κ3) is 2.74. The number of carbonyl (C=O) groups is 1. The van der Waals surface area contributed by atoms with Crippen molar-refractivity contribution in [3.05, 3.63) is 52.5 Å². The van der Waals surface area contributed by atoms with Gasteiger partial charge in [-0.3, -0.25) is 4.79 Å². The lowest BCUT2D eigenvalue weighted by Crippen LogP contribution is -2.38. The lowest BCUT2D eigenvalue weighted by Gasteiger charge is -2.29. The third-order valence-corrected chi connectivity index (χ3v) is 4.16. The molecule has 2 aromatic carbocycles. The standard InChI is InChI=1S/C16H14BrNO3/c1-20-12-6-7-13(17)11(8-12)9-18-14-4-2-3-5-15(14)21-10-16(18)19/h2-8H,9-10H2,1H3. The summed E-state index contributed by atoms with van der Waals surface area (Å²) in [5.41, 5.74) is 1.78. The van der Waals surface area contributed by atoms with Crippen molar-refractivity contribution >= 4 is 27.5 Å². The number of carbonyl (C=O) groups excluding carboxylic acids is 1. The smallest absolute Gasteiger partial charge is 0.265 e. The first-order valence-electron chi connectivity index (χ1n) is 6.53. The molecule has 0 aromatic heterocycles. The zero-order valence-electron chi connectivity index (χ0n) is 11.5. The SMILES string of the molecule is COc1ccc(Br)c(CN2C(=O)COc3ccccc32)c1. The summed E-state index contributed by atoms with van der Waals surface area (Å²) in [5, 5.41) is 0. The summed E-state index contributed by atoms with van der Waals surface area (Å²) in [6.45, 7) is 0.537. The van der Waals surface area contributed by atoms with Gasteiger partial charge in [0, 0.05) is 4.47 Å². The molecule has 108 valence electrons. The average Bonchev–Trinajstić information content (AvgIpc) is 2.52. The second kappa shape index (κ2) is 5.77. The normalized spacial score (nSPS) is 13.6. The number of rotatable bonds is 3. The maximum absolute atomic E-state index is 12.2. The third-order valence-electron chi connectivity index (χ3n) is 3.39. The van der Waals surface area contributed by atoms with Crippen molar-refractivity contribution in [3.8, 4) is 11.5 Å². The molecule has 0 bridgehead atoms. The quantitative estimate of drug-likeness (QED) is 0.854. The molecule has 0 saturated carbocycles. The highest BCUT2D eigenvalue weighted by Gasteiger charge is 2.25. The lowest BCUT2D eigenvalue weighted by molar-refractivity contribution is -0.121. The zero-order valence-corrected chi connectivity index (χ0v) is 13.1. The Morgan fingerprint density at radius 1 is 1.29 bits per heavy atom. The van der Waals surface area contributed by atoms with E-state index >= 15 is 0 Å². The van der Waals surface area contributed by atoms with Crippen LogP contribution in [0.3, 0.4) is 0 Å². The van der Waals surface area contributed by atoms with Crippen LogP contribution in [0.1, 0.15) is 5.56 Å². The highest BCUT2D eigenvalue weighted by molar-refractivity contribution is 9.10. The fraction of sp³-hybridized carbons (Fsp3) is 0.188. The van der Waals surface area contributed by atoms with E-state index in [4.69, 9.17) is 9.47 Å². The van der Waals surface area contributed by atoms with Gasteiger partial charge in [-0.15, -0.1) is 0 Å². The van der Waals surface area contributed by atoms with Crippen LogP contribution in [0.5, 0.6) is 11.5 Å². The molecule has 0 fully saturated rings.